The van der Waals surface area contributed by atoms with Crippen molar-refractivity contribution in [2.45, 2.75) is 39.2 Å². The van der Waals surface area contributed by atoms with Gasteiger partial charge in [0.25, 0.3) is 0 Å². The van der Waals surface area contributed by atoms with Crippen LogP contribution in [0.3, 0.4) is 0 Å². The maximum atomic E-state index is 12.1. The number of carbonyl (C=O) groups is 3. The molecule has 2 fully saturated rings. The molecule has 2 aliphatic heterocycles. The Balaban J connectivity index is 2.22. The predicted molar refractivity (Wildman–Crippen MR) is 64.1 cm³/mol. The summed E-state index contributed by atoms with van der Waals surface area (Å²) < 4.78 is 0. The van der Waals surface area contributed by atoms with Gasteiger partial charge >= 0.3 is 0 Å². The van der Waals surface area contributed by atoms with Crippen LogP contribution in [0, 0.1) is 0 Å². The molecule has 0 aromatic carbocycles. The Bertz CT molecular complexity index is 383. The first-order valence-corrected chi connectivity index (χ1v) is 6.36. The molecule has 0 aromatic rings. The van der Waals surface area contributed by atoms with Crippen LogP contribution in [0.4, 0.5) is 0 Å². The van der Waals surface area contributed by atoms with Crippen LogP contribution in [0.15, 0.2) is 0 Å². The molecule has 6 nitrogen and oxygen atoms in total. The van der Waals surface area contributed by atoms with Gasteiger partial charge in [0, 0.05) is 39.9 Å². The highest BCUT2D eigenvalue weighted by atomic mass is 16.2. The number of amides is 3. The Morgan fingerprint density at radius 1 is 1.17 bits per heavy atom. The second kappa shape index (κ2) is 4.96. The zero-order chi connectivity index (χ0) is 13.3. The number of carbonyl (C=O) groups excluding carboxylic acids is 3. The first-order chi connectivity index (χ1) is 8.50. The standard InChI is InChI=1S/C12H19N3O3/c1-9(16)13-7-5-12(18)15-11(8-13)4-3-6-14(15)10(2)17/h11H,3-8H2,1-2H3. The van der Waals surface area contributed by atoms with Crippen LogP contribution in [0.2, 0.25) is 0 Å². The Hall–Kier alpha value is -1.59. The summed E-state index contributed by atoms with van der Waals surface area (Å²) in [4.78, 5) is 36.9. The SMILES string of the molecule is CC(=O)N1CCC(=O)N2C(CCCN2C(C)=O)C1. The lowest BCUT2D eigenvalue weighted by Gasteiger charge is -2.43. The van der Waals surface area contributed by atoms with Gasteiger partial charge in [0.2, 0.25) is 17.7 Å². The lowest BCUT2D eigenvalue weighted by molar-refractivity contribution is -0.172. The monoisotopic (exact) mass is 253 g/mol. The summed E-state index contributed by atoms with van der Waals surface area (Å²) in [6.07, 6.45) is 2.01. The molecule has 0 N–H and O–H groups in total. The second-order valence-corrected chi connectivity index (χ2v) is 4.89. The van der Waals surface area contributed by atoms with Gasteiger partial charge in [-0.1, -0.05) is 0 Å². The highest BCUT2D eigenvalue weighted by Gasteiger charge is 2.37. The van der Waals surface area contributed by atoms with Crippen molar-refractivity contribution in [3.8, 4) is 0 Å². The molecule has 0 aliphatic carbocycles. The average molecular weight is 253 g/mol. The Kier molecular flexibility index (Phi) is 3.54. The highest BCUT2D eigenvalue weighted by Crippen LogP contribution is 2.23. The van der Waals surface area contributed by atoms with Gasteiger partial charge in [-0.25, -0.2) is 5.01 Å². The highest BCUT2D eigenvalue weighted by molar-refractivity contribution is 5.83. The van der Waals surface area contributed by atoms with Crippen molar-refractivity contribution in [1.82, 2.24) is 14.9 Å². The molecule has 18 heavy (non-hydrogen) atoms. The van der Waals surface area contributed by atoms with E-state index in [2.05, 4.69) is 0 Å². The summed E-state index contributed by atoms with van der Waals surface area (Å²) in [6.45, 7) is 4.57. The summed E-state index contributed by atoms with van der Waals surface area (Å²) in [5.74, 6) is -0.174. The van der Waals surface area contributed by atoms with Crippen molar-refractivity contribution < 1.29 is 14.4 Å². The molecule has 0 spiro atoms. The van der Waals surface area contributed by atoms with Gasteiger partial charge in [-0.05, 0) is 12.8 Å². The first-order valence-electron chi connectivity index (χ1n) is 6.36. The third-order valence-corrected chi connectivity index (χ3v) is 3.60. The summed E-state index contributed by atoms with van der Waals surface area (Å²) in [5, 5.41) is 3.11. The zero-order valence-electron chi connectivity index (χ0n) is 10.9. The Morgan fingerprint density at radius 3 is 2.50 bits per heavy atom. The molecule has 0 aromatic heterocycles. The maximum absolute atomic E-state index is 12.1. The lowest BCUT2D eigenvalue weighted by Crippen LogP contribution is -2.58. The van der Waals surface area contributed by atoms with Crippen molar-refractivity contribution >= 4 is 17.7 Å². The maximum Gasteiger partial charge on any atom is 0.243 e. The van der Waals surface area contributed by atoms with Gasteiger partial charge in [-0.15, -0.1) is 0 Å². The number of fused-ring (bicyclic) bond motifs is 1. The van der Waals surface area contributed by atoms with E-state index in [9.17, 15) is 14.4 Å². The van der Waals surface area contributed by atoms with E-state index in [0.29, 0.717) is 26.1 Å². The number of hydrogen-bond acceptors (Lipinski definition) is 3. The van der Waals surface area contributed by atoms with E-state index >= 15 is 0 Å². The summed E-state index contributed by atoms with van der Waals surface area (Å²) in [6, 6.07) is -0.0541. The van der Waals surface area contributed by atoms with E-state index in [-0.39, 0.29) is 23.8 Å². The van der Waals surface area contributed by atoms with Crippen molar-refractivity contribution in [2.75, 3.05) is 19.6 Å². The molecule has 1 atom stereocenters. The zero-order valence-corrected chi connectivity index (χ0v) is 10.9. The van der Waals surface area contributed by atoms with E-state index in [1.54, 1.807) is 9.91 Å². The van der Waals surface area contributed by atoms with Crippen molar-refractivity contribution in [3.05, 3.63) is 0 Å². The summed E-state index contributed by atoms with van der Waals surface area (Å²) >= 11 is 0. The van der Waals surface area contributed by atoms with Crippen LogP contribution < -0.4 is 0 Å². The molecule has 1 unspecified atom stereocenters. The number of rotatable bonds is 0. The number of nitrogens with zero attached hydrogens (tertiary/aromatic N) is 3. The molecule has 0 radical (unpaired) electrons. The molecule has 6 heteroatoms. The molecular weight excluding hydrogens is 234 g/mol. The topological polar surface area (TPSA) is 60.9 Å². The fraction of sp³-hybridized carbons (Fsp3) is 0.750. The first kappa shape index (κ1) is 12.9. The second-order valence-electron chi connectivity index (χ2n) is 4.89. The summed E-state index contributed by atoms with van der Waals surface area (Å²) in [7, 11) is 0. The number of hydrogen-bond donors (Lipinski definition) is 0. The molecular formula is C12H19N3O3. The van der Waals surface area contributed by atoms with E-state index in [1.165, 1.54) is 18.9 Å². The quantitative estimate of drug-likeness (QED) is 0.610. The van der Waals surface area contributed by atoms with E-state index < -0.39 is 0 Å². The Labute approximate surface area is 106 Å². The molecule has 2 aliphatic rings. The van der Waals surface area contributed by atoms with Gasteiger partial charge in [0.1, 0.15) is 0 Å². The molecule has 100 valence electrons. The van der Waals surface area contributed by atoms with Crippen molar-refractivity contribution in [2.24, 2.45) is 0 Å². The van der Waals surface area contributed by atoms with Crippen molar-refractivity contribution in [1.29, 1.82) is 0 Å². The predicted octanol–water partition coefficient (Wildman–Crippen LogP) is -0.00690. The van der Waals surface area contributed by atoms with Crippen molar-refractivity contribution in [3.63, 3.8) is 0 Å². The fourth-order valence-corrected chi connectivity index (χ4v) is 2.70. The van der Waals surface area contributed by atoms with Crippen LogP contribution in [-0.2, 0) is 14.4 Å². The van der Waals surface area contributed by atoms with Crippen LogP contribution in [0.25, 0.3) is 0 Å². The normalized spacial score (nSPS) is 24.7. The van der Waals surface area contributed by atoms with Crippen LogP contribution in [0.1, 0.15) is 33.1 Å². The minimum absolute atomic E-state index is 0.00963. The van der Waals surface area contributed by atoms with E-state index in [4.69, 9.17) is 0 Å². The van der Waals surface area contributed by atoms with Gasteiger partial charge in [0.05, 0.1) is 6.04 Å². The van der Waals surface area contributed by atoms with Gasteiger partial charge < -0.3 is 4.90 Å². The van der Waals surface area contributed by atoms with Gasteiger partial charge in [-0.3, -0.25) is 19.4 Å². The minimum atomic E-state index is -0.107. The molecule has 2 saturated heterocycles. The molecule has 0 saturated carbocycles. The van der Waals surface area contributed by atoms with Crippen LogP contribution in [-0.4, -0.2) is 58.3 Å². The third kappa shape index (κ3) is 2.32. The third-order valence-electron chi connectivity index (χ3n) is 3.60. The number of hydrazine groups is 1. The molecule has 0 bridgehead atoms. The van der Waals surface area contributed by atoms with Crippen LogP contribution >= 0.6 is 0 Å². The Morgan fingerprint density at radius 2 is 1.89 bits per heavy atom. The molecule has 2 heterocycles. The van der Waals surface area contributed by atoms with Gasteiger partial charge in [-0.2, -0.15) is 0 Å². The lowest BCUT2D eigenvalue weighted by atomic mass is 10.1. The largest absolute Gasteiger partial charge is 0.340 e. The summed E-state index contributed by atoms with van der Waals surface area (Å²) in [5.41, 5.74) is 0. The minimum Gasteiger partial charge on any atom is -0.340 e. The van der Waals surface area contributed by atoms with E-state index in [0.717, 1.165) is 12.8 Å². The average Bonchev–Trinajstić information content (AvgIpc) is 2.49. The molecule has 3 amide bonds. The smallest absolute Gasteiger partial charge is 0.243 e. The van der Waals surface area contributed by atoms with Crippen LogP contribution in [0.5, 0.6) is 0 Å². The molecule has 2 rings (SSSR count). The fourth-order valence-electron chi connectivity index (χ4n) is 2.70. The van der Waals surface area contributed by atoms with E-state index in [1.807, 2.05) is 0 Å². The van der Waals surface area contributed by atoms with Gasteiger partial charge in [0.15, 0.2) is 0 Å².